The maximum atomic E-state index is 11.5. The molecule has 0 aromatic heterocycles. The Morgan fingerprint density at radius 3 is 2.16 bits per heavy atom. The van der Waals surface area contributed by atoms with Gasteiger partial charge in [0.05, 0.1) is 0 Å². The molecule has 0 radical (unpaired) electrons. The highest BCUT2D eigenvalue weighted by Gasteiger charge is 2.15. The van der Waals surface area contributed by atoms with Crippen LogP contribution in [0.5, 0.6) is 0 Å². The molecule has 0 heterocycles. The first-order valence-electron chi connectivity index (χ1n) is 7.82. The number of unbranched alkanes of at least 4 members (excludes halogenated alkanes) is 4. The number of nitrogens with two attached hydrogens (primary N) is 1. The Morgan fingerprint density at radius 1 is 1.05 bits per heavy atom. The molecule has 3 nitrogen and oxygen atoms in total. The second kappa shape index (κ2) is 10.2. The van der Waals surface area contributed by atoms with Gasteiger partial charge in [-0.2, -0.15) is 0 Å². The Kier molecular flexibility index (Phi) is 9.94. The molecule has 0 bridgehead atoms. The van der Waals surface area contributed by atoms with Crippen molar-refractivity contribution in [2.75, 3.05) is 0 Å². The Bertz CT molecular complexity index is 233. The van der Waals surface area contributed by atoms with Gasteiger partial charge in [0.15, 0.2) is 0 Å². The van der Waals surface area contributed by atoms with E-state index in [0.717, 1.165) is 32.1 Å². The standard InChI is InChI=1S/C16H33NO2/c1-5-6-8-11-14(17)12-9-7-10-13-15(18)19-16(2,3)4/h14H,5-13,17H2,1-4H3. The van der Waals surface area contributed by atoms with Crippen molar-refractivity contribution < 1.29 is 9.53 Å². The second-order valence-corrected chi connectivity index (χ2v) is 6.44. The lowest BCUT2D eigenvalue weighted by atomic mass is 10.0. The smallest absolute Gasteiger partial charge is 0.306 e. The lowest BCUT2D eigenvalue weighted by Crippen LogP contribution is -2.23. The van der Waals surface area contributed by atoms with Crippen molar-refractivity contribution in [1.29, 1.82) is 0 Å². The fraction of sp³-hybridized carbons (Fsp3) is 0.938. The van der Waals surface area contributed by atoms with Gasteiger partial charge in [-0.25, -0.2) is 0 Å². The van der Waals surface area contributed by atoms with Gasteiger partial charge in [0.2, 0.25) is 0 Å². The molecular weight excluding hydrogens is 238 g/mol. The van der Waals surface area contributed by atoms with Gasteiger partial charge in [0.25, 0.3) is 0 Å². The van der Waals surface area contributed by atoms with E-state index in [0.29, 0.717) is 12.5 Å². The number of hydrogen-bond donors (Lipinski definition) is 1. The number of esters is 1. The summed E-state index contributed by atoms with van der Waals surface area (Å²) in [4.78, 5) is 11.5. The van der Waals surface area contributed by atoms with Crippen molar-refractivity contribution in [2.45, 2.75) is 97.1 Å². The van der Waals surface area contributed by atoms with Crippen LogP contribution in [-0.4, -0.2) is 17.6 Å². The molecule has 3 heteroatoms. The highest BCUT2D eigenvalue weighted by molar-refractivity contribution is 5.69. The van der Waals surface area contributed by atoms with Gasteiger partial charge in [-0.3, -0.25) is 4.79 Å². The quantitative estimate of drug-likeness (QED) is 0.479. The van der Waals surface area contributed by atoms with Crippen LogP contribution in [0, 0.1) is 0 Å². The molecule has 114 valence electrons. The third kappa shape index (κ3) is 13.7. The molecule has 19 heavy (non-hydrogen) atoms. The van der Waals surface area contributed by atoms with Crippen LogP contribution < -0.4 is 5.73 Å². The third-order valence-electron chi connectivity index (χ3n) is 3.05. The average Bonchev–Trinajstić information content (AvgIpc) is 2.26. The summed E-state index contributed by atoms with van der Waals surface area (Å²) in [7, 11) is 0. The predicted molar refractivity (Wildman–Crippen MR) is 81.0 cm³/mol. The van der Waals surface area contributed by atoms with Crippen molar-refractivity contribution in [2.24, 2.45) is 5.73 Å². The van der Waals surface area contributed by atoms with Crippen LogP contribution >= 0.6 is 0 Å². The third-order valence-corrected chi connectivity index (χ3v) is 3.05. The first kappa shape index (κ1) is 18.4. The zero-order chi connectivity index (χ0) is 14.7. The number of carbonyl (C=O) groups is 1. The van der Waals surface area contributed by atoms with Crippen molar-refractivity contribution >= 4 is 5.97 Å². The molecule has 0 saturated carbocycles. The fourth-order valence-corrected chi connectivity index (χ4v) is 2.05. The summed E-state index contributed by atoms with van der Waals surface area (Å²) < 4.78 is 5.27. The van der Waals surface area contributed by atoms with Crippen LogP contribution in [0.3, 0.4) is 0 Å². The van der Waals surface area contributed by atoms with E-state index in [1.54, 1.807) is 0 Å². The molecule has 2 N–H and O–H groups in total. The van der Waals surface area contributed by atoms with Crippen LogP contribution in [-0.2, 0) is 9.53 Å². The average molecular weight is 271 g/mol. The fourth-order valence-electron chi connectivity index (χ4n) is 2.05. The molecule has 0 aliphatic rings. The summed E-state index contributed by atoms with van der Waals surface area (Å²) in [5, 5.41) is 0. The molecule has 1 atom stereocenters. The molecule has 0 aromatic rings. The van der Waals surface area contributed by atoms with Crippen LogP contribution in [0.25, 0.3) is 0 Å². The zero-order valence-electron chi connectivity index (χ0n) is 13.3. The van der Waals surface area contributed by atoms with Crippen LogP contribution in [0.2, 0.25) is 0 Å². The van der Waals surface area contributed by atoms with E-state index in [4.69, 9.17) is 10.5 Å². The van der Waals surface area contributed by atoms with Gasteiger partial charge >= 0.3 is 5.97 Å². The van der Waals surface area contributed by atoms with E-state index < -0.39 is 0 Å². The Morgan fingerprint density at radius 2 is 1.63 bits per heavy atom. The normalized spacial score (nSPS) is 13.3. The van der Waals surface area contributed by atoms with E-state index in [1.165, 1.54) is 19.3 Å². The maximum absolute atomic E-state index is 11.5. The Hall–Kier alpha value is -0.570. The lowest BCUT2D eigenvalue weighted by molar-refractivity contribution is -0.154. The van der Waals surface area contributed by atoms with Crippen molar-refractivity contribution in [3.05, 3.63) is 0 Å². The van der Waals surface area contributed by atoms with Crippen molar-refractivity contribution in [1.82, 2.24) is 0 Å². The van der Waals surface area contributed by atoms with E-state index in [1.807, 2.05) is 20.8 Å². The van der Waals surface area contributed by atoms with Crippen molar-refractivity contribution in [3.8, 4) is 0 Å². The van der Waals surface area contributed by atoms with Gasteiger partial charge in [-0.05, 0) is 40.0 Å². The van der Waals surface area contributed by atoms with Crippen LogP contribution in [0.15, 0.2) is 0 Å². The van der Waals surface area contributed by atoms with E-state index in [9.17, 15) is 4.79 Å². The molecule has 0 spiro atoms. The summed E-state index contributed by atoms with van der Waals surface area (Å²) in [6.45, 7) is 7.92. The predicted octanol–water partition coefficient (Wildman–Crippen LogP) is 4.19. The lowest BCUT2D eigenvalue weighted by Gasteiger charge is -2.19. The molecule has 0 aromatic carbocycles. The minimum absolute atomic E-state index is 0.0836. The molecule has 0 aliphatic carbocycles. The minimum atomic E-state index is -0.362. The maximum Gasteiger partial charge on any atom is 0.306 e. The molecule has 1 unspecified atom stereocenters. The molecule has 0 amide bonds. The number of rotatable bonds is 10. The van der Waals surface area contributed by atoms with E-state index >= 15 is 0 Å². The monoisotopic (exact) mass is 271 g/mol. The summed E-state index contributed by atoms with van der Waals surface area (Å²) >= 11 is 0. The van der Waals surface area contributed by atoms with Crippen molar-refractivity contribution in [3.63, 3.8) is 0 Å². The molecular formula is C16H33NO2. The van der Waals surface area contributed by atoms with Gasteiger partial charge in [0.1, 0.15) is 5.60 Å². The highest BCUT2D eigenvalue weighted by atomic mass is 16.6. The Labute approximate surface area is 119 Å². The topological polar surface area (TPSA) is 52.3 Å². The number of hydrogen-bond acceptors (Lipinski definition) is 3. The molecule has 0 saturated heterocycles. The van der Waals surface area contributed by atoms with Crippen LogP contribution in [0.1, 0.15) is 85.5 Å². The van der Waals surface area contributed by atoms with Gasteiger partial charge in [-0.1, -0.05) is 39.0 Å². The summed E-state index contributed by atoms with van der Waals surface area (Å²) in [6, 6.07) is 0.341. The van der Waals surface area contributed by atoms with Gasteiger partial charge in [0, 0.05) is 12.5 Å². The zero-order valence-corrected chi connectivity index (χ0v) is 13.3. The van der Waals surface area contributed by atoms with E-state index in [2.05, 4.69) is 6.92 Å². The SMILES string of the molecule is CCCCCC(N)CCCCCC(=O)OC(C)(C)C. The first-order chi connectivity index (χ1) is 8.85. The highest BCUT2D eigenvalue weighted by Crippen LogP contribution is 2.12. The summed E-state index contributed by atoms with van der Waals surface area (Å²) in [5.41, 5.74) is 5.69. The first-order valence-corrected chi connectivity index (χ1v) is 7.82. The molecule has 0 aliphatic heterocycles. The van der Waals surface area contributed by atoms with Crippen LogP contribution in [0.4, 0.5) is 0 Å². The van der Waals surface area contributed by atoms with Gasteiger partial charge < -0.3 is 10.5 Å². The largest absolute Gasteiger partial charge is 0.460 e. The summed E-state index contributed by atoms with van der Waals surface area (Å²) in [5.74, 6) is -0.0836. The number of ether oxygens (including phenoxy) is 1. The molecule has 0 fully saturated rings. The Balaban J connectivity index is 3.42. The minimum Gasteiger partial charge on any atom is -0.460 e. The number of carbonyl (C=O) groups excluding carboxylic acids is 1. The summed E-state index contributed by atoms with van der Waals surface area (Å²) in [6.07, 6.45) is 9.64. The second-order valence-electron chi connectivity index (χ2n) is 6.44. The molecule has 0 rings (SSSR count). The van der Waals surface area contributed by atoms with Gasteiger partial charge in [-0.15, -0.1) is 0 Å². The van der Waals surface area contributed by atoms with E-state index in [-0.39, 0.29) is 11.6 Å².